The van der Waals surface area contributed by atoms with Crippen molar-refractivity contribution in [3.8, 4) is 11.3 Å². The van der Waals surface area contributed by atoms with Crippen LogP contribution in [0.3, 0.4) is 0 Å². The minimum absolute atomic E-state index is 0.0402. The van der Waals surface area contributed by atoms with Gasteiger partial charge in [-0.05, 0) is 32.0 Å². The summed E-state index contributed by atoms with van der Waals surface area (Å²) in [4.78, 5) is 12.7. The fourth-order valence-corrected chi connectivity index (χ4v) is 2.79. The van der Waals surface area contributed by atoms with Crippen molar-refractivity contribution in [2.45, 2.75) is 24.0 Å². The highest BCUT2D eigenvalue weighted by atomic mass is 32.2. The van der Waals surface area contributed by atoms with Gasteiger partial charge in [0.25, 0.3) is 0 Å². The minimum Gasteiger partial charge on any atom is -0.356 e. The highest BCUT2D eigenvalue weighted by Crippen LogP contribution is 2.37. The van der Waals surface area contributed by atoms with Crippen LogP contribution in [0.5, 0.6) is 0 Å². The zero-order valence-corrected chi connectivity index (χ0v) is 10.9. The molecule has 1 atom stereocenters. The summed E-state index contributed by atoms with van der Waals surface area (Å²) >= 11 is 1.57. The van der Waals surface area contributed by atoms with E-state index in [0.717, 1.165) is 21.8 Å². The molecule has 0 saturated heterocycles. The molecule has 1 amide bonds. The number of anilines is 1. The molecule has 5 heteroatoms. The van der Waals surface area contributed by atoms with Crippen LogP contribution in [0.4, 0.5) is 5.69 Å². The third-order valence-corrected chi connectivity index (χ3v) is 4.00. The van der Waals surface area contributed by atoms with E-state index in [9.17, 15) is 4.79 Å². The summed E-state index contributed by atoms with van der Waals surface area (Å²) in [6.45, 7) is 3.78. The van der Waals surface area contributed by atoms with Gasteiger partial charge in [-0.3, -0.25) is 4.79 Å². The number of nitrogens with zero attached hydrogens (tertiary/aromatic N) is 1. The first-order chi connectivity index (χ1) is 8.63. The first kappa shape index (κ1) is 11.3. The normalized spacial score (nSPS) is 18.3. The maximum Gasteiger partial charge on any atom is 0.237 e. The molecule has 0 fully saturated rings. The molecule has 0 aliphatic carbocycles. The number of fused-ring (bicyclic) bond motifs is 1. The predicted molar refractivity (Wildman–Crippen MR) is 70.6 cm³/mol. The zero-order chi connectivity index (χ0) is 12.7. The summed E-state index contributed by atoms with van der Waals surface area (Å²) in [7, 11) is 0. The number of hydrogen-bond donors (Lipinski definition) is 1. The van der Waals surface area contributed by atoms with Gasteiger partial charge >= 0.3 is 0 Å². The smallest absolute Gasteiger partial charge is 0.237 e. The fourth-order valence-electron chi connectivity index (χ4n) is 1.86. The number of benzene rings is 1. The van der Waals surface area contributed by atoms with Crippen molar-refractivity contribution in [1.82, 2.24) is 5.16 Å². The predicted octanol–water partition coefficient (Wildman–Crippen LogP) is 3.08. The van der Waals surface area contributed by atoms with Crippen molar-refractivity contribution in [2.24, 2.45) is 0 Å². The molecule has 0 spiro atoms. The second kappa shape index (κ2) is 4.17. The highest BCUT2D eigenvalue weighted by molar-refractivity contribution is 8.00. The number of thioether (sulfide) groups is 1. The van der Waals surface area contributed by atoms with Crippen LogP contribution in [0.15, 0.2) is 33.7 Å². The molecular formula is C13H12N2O2S. The number of aryl methyl sites for hydroxylation is 1. The largest absolute Gasteiger partial charge is 0.356 e. The molecular weight excluding hydrogens is 248 g/mol. The number of rotatable bonds is 1. The Morgan fingerprint density at radius 3 is 2.94 bits per heavy atom. The van der Waals surface area contributed by atoms with E-state index in [1.54, 1.807) is 11.8 Å². The molecule has 1 unspecified atom stereocenters. The van der Waals surface area contributed by atoms with Gasteiger partial charge in [0.15, 0.2) is 5.76 Å². The van der Waals surface area contributed by atoms with E-state index in [4.69, 9.17) is 4.52 Å². The summed E-state index contributed by atoms with van der Waals surface area (Å²) in [6, 6.07) is 7.79. The van der Waals surface area contributed by atoms with Gasteiger partial charge in [-0.25, -0.2) is 0 Å². The molecule has 1 N–H and O–H groups in total. The van der Waals surface area contributed by atoms with Gasteiger partial charge in [0.05, 0.1) is 16.6 Å². The first-order valence-electron chi connectivity index (χ1n) is 5.69. The van der Waals surface area contributed by atoms with Crippen molar-refractivity contribution in [3.63, 3.8) is 0 Å². The minimum atomic E-state index is -0.0455. The van der Waals surface area contributed by atoms with E-state index in [1.807, 2.05) is 38.1 Å². The van der Waals surface area contributed by atoms with Crippen LogP contribution in [-0.2, 0) is 4.79 Å². The molecule has 1 aliphatic heterocycles. The van der Waals surface area contributed by atoms with Crippen LogP contribution < -0.4 is 5.32 Å². The van der Waals surface area contributed by atoms with Crippen molar-refractivity contribution in [3.05, 3.63) is 30.0 Å². The maximum atomic E-state index is 11.6. The van der Waals surface area contributed by atoms with Crippen LogP contribution in [-0.4, -0.2) is 16.3 Å². The summed E-state index contributed by atoms with van der Waals surface area (Å²) in [6.07, 6.45) is 0. The third kappa shape index (κ3) is 1.90. The summed E-state index contributed by atoms with van der Waals surface area (Å²) in [5.41, 5.74) is 2.61. The Balaban J connectivity index is 2.01. The van der Waals surface area contributed by atoms with Gasteiger partial charge in [-0.2, -0.15) is 0 Å². The van der Waals surface area contributed by atoms with Crippen molar-refractivity contribution in [2.75, 3.05) is 5.32 Å². The molecule has 0 saturated carbocycles. The molecule has 1 aromatic heterocycles. The van der Waals surface area contributed by atoms with E-state index in [2.05, 4.69) is 10.5 Å². The van der Waals surface area contributed by atoms with Crippen LogP contribution in [0, 0.1) is 6.92 Å². The SMILES string of the molecule is Cc1cc(-c2ccc3c(c2)NC(=O)C(C)S3)on1. The van der Waals surface area contributed by atoms with Gasteiger partial charge < -0.3 is 9.84 Å². The quantitative estimate of drug-likeness (QED) is 0.856. The second-order valence-electron chi connectivity index (χ2n) is 4.29. The van der Waals surface area contributed by atoms with E-state index in [0.29, 0.717) is 5.76 Å². The van der Waals surface area contributed by atoms with Crippen LogP contribution in [0.25, 0.3) is 11.3 Å². The lowest BCUT2D eigenvalue weighted by molar-refractivity contribution is -0.115. The standard InChI is InChI=1S/C13H12N2O2S/c1-7-5-11(17-15-7)9-3-4-12-10(6-9)14-13(16)8(2)18-12/h3-6,8H,1-2H3,(H,14,16). The molecule has 3 rings (SSSR count). The van der Waals surface area contributed by atoms with Crippen molar-refractivity contribution < 1.29 is 9.32 Å². The third-order valence-electron chi connectivity index (χ3n) is 2.82. The molecule has 0 bridgehead atoms. The van der Waals surface area contributed by atoms with Crippen molar-refractivity contribution in [1.29, 1.82) is 0 Å². The van der Waals surface area contributed by atoms with Crippen LogP contribution >= 0.6 is 11.8 Å². The van der Waals surface area contributed by atoms with E-state index >= 15 is 0 Å². The lowest BCUT2D eigenvalue weighted by Crippen LogP contribution is -2.26. The number of nitrogens with one attached hydrogen (secondary N) is 1. The van der Waals surface area contributed by atoms with Crippen LogP contribution in [0.1, 0.15) is 12.6 Å². The molecule has 92 valence electrons. The molecule has 1 aliphatic rings. The lowest BCUT2D eigenvalue weighted by Gasteiger charge is -2.21. The Labute approximate surface area is 109 Å². The summed E-state index contributed by atoms with van der Waals surface area (Å²) < 4.78 is 5.22. The monoisotopic (exact) mass is 260 g/mol. The second-order valence-corrected chi connectivity index (χ2v) is 5.68. The lowest BCUT2D eigenvalue weighted by atomic mass is 10.1. The van der Waals surface area contributed by atoms with Gasteiger partial charge in [0.1, 0.15) is 0 Å². The molecule has 18 heavy (non-hydrogen) atoms. The molecule has 4 nitrogen and oxygen atoms in total. The average molecular weight is 260 g/mol. The summed E-state index contributed by atoms with van der Waals surface area (Å²) in [5.74, 6) is 0.756. The molecule has 2 heterocycles. The summed E-state index contributed by atoms with van der Waals surface area (Å²) in [5, 5.41) is 6.72. The highest BCUT2D eigenvalue weighted by Gasteiger charge is 2.23. The molecule has 0 radical (unpaired) electrons. The van der Waals surface area contributed by atoms with Crippen molar-refractivity contribution >= 4 is 23.4 Å². The zero-order valence-electron chi connectivity index (χ0n) is 10.1. The number of carbonyl (C=O) groups excluding carboxylic acids is 1. The van der Waals surface area contributed by atoms with Gasteiger partial charge in [0.2, 0.25) is 5.91 Å². The number of carbonyl (C=O) groups is 1. The molecule has 2 aromatic rings. The maximum absolute atomic E-state index is 11.6. The van der Waals surface area contributed by atoms with E-state index in [1.165, 1.54) is 0 Å². The average Bonchev–Trinajstić information content (AvgIpc) is 2.77. The van der Waals surface area contributed by atoms with E-state index < -0.39 is 0 Å². The number of aromatic nitrogens is 1. The van der Waals surface area contributed by atoms with Crippen LogP contribution in [0.2, 0.25) is 0 Å². The van der Waals surface area contributed by atoms with Gasteiger partial charge in [-0.15, -0.1) is 11.8 Å². The van der Waals surface area contributed by atoms with E-state index in [-0.39, 0.29) is 11.2 Å². The Kier molecular flexibility index (Phi) is 2.63. The molecule has 1 aromatic carbocycles. The Morgan fingerprint density at radius 2 is 2.22 bits per heavy atom. The first-order valence-corrected chi connectivity index (χ1v) is 6.57. The Hall–Kier alpha value is -1.75. The Bertz CT molecular complexity index is 621. The number of hydrogen-bond acceptors (Lipinski definition) is 4. The van der Waals surface area contributed by atoms with Gasteiger partial charge in [-0.1, -0.05) is 5.16 Å². The fraction of sp³-hybridized carbons (Fsp3) is 0.231. The Morgan fingerprint density at radius 1 is 1.39 bits per heavy atom. The van der Waals surface area contributed by atoms with Gasteiger partial charge in [0, 0.05) is 16.5 Å². The topological polar surface area (TPSA) is 55.1 Å². The number of amides is 1.